The number of fused-ring (bicyclic) bond motifs is 1. The molecule has 32 heavy (non-hydrogen) atoms. The lowest BCUT2D eigenvalue weighted by Crippen LogP contribution is -2.36. The van der Waals surface area contributed by atoms with Crippen LogP contribution >= 0.6 is 0 Å². The molecule has 1 aliphatic rings. The second-order valence-corrected chi connectivity index (χ2v) is 7.17. The van der Waals surface area contributed by atoms with E-state index in [0.29, 0.717) is 22.7 Å². The molecule has 1 aromatic carbocycles. The molecule has 3 aromatic rings. The largest absolute Gasteiger partial charge is 0.378 e. The molecular weight excluding hydrogens is 406 g/mol. The highest BCUT2D eigenvalue weighted by Crippen LogP contribution is 2.25. The van der Waals surface area contributed by atoms with Gasteiger partial charge in [-0.05, 0) is 42.8 Å². The summed E-state index contributed by atoms with van der Waals surface area (Å²) in [6.45, 7) is 8.78. The van der Waals surface area contributed by atoms with Crippen molar-refractivity contribution in [3.05, 3.63) is 72.9 Å². The Labute approximate surface area is 185 Å². The van der Waals surface area contributed by atoms with Crippen molar-refractivity contribution in [2.24, 2.45) is 5.73 Å². The summed E-state index contributed by atoms with van der Waals surface area (Å²) < 4.78 is 7.09. The minimum atomic E-state index is -0.555. The average Bonchev–Trinajstić information content (AvgIpc) is 3.32. The topological polar surface area (TPSA) is 111 Å². The molecule has 3 heterocycles. The molecule has 1 saturated heterocycles. The van der Waals surface area contributed by atoms with Crippen LogP contribution in [0, 0.1) is 0 Å². The molecule has 1 fully saturated rings. The second kappa shape index (κ2) is 9.44. The first-order chi connectivity index (χ1) is 15.6. The number of morpholine rings is 1. The molecule has 9 heteroatoms. The summed E-state index contributed by atoms with van der Waals surface area (Å²) in [4.78, 5) is 22.8. The number of hydrogen-bond donors (Lipinski definition) is 2. The number of carbonyl (C=O) groups excluding carboxylic acids is 1. The monoisotopic (exact) mass is 431 g/mol. The van der Waals surface area contributed by atoms with E-state index in [2.05, 4.69) is 44.0 Å². The Morgan fingerprint density at radius 2 is 1.97 bits per heavy atom. The van der Waals surface area contributed by atoms with Gasteiger partial charge in [-0.2, -0.15) is 5.10 Å². The van der Waals surface area contributed by atoms with E-state index in [0.717, 1.165) is 43.3 Å². The number of amides is 1. The van der Waals surface area contributed by atoms with E-state index >= 15 is 0 Å². The number of nitrogens with zero attached hydrogens (tertiary/aromatic N) is 5. The van der Waals surface area contributed by atoms with Crippen LogP contribution in [0.1, 0.15) is 12.6 Å². The Morgan fingerprint density at radius 3 is 2.62 bits per heavy atom. The number of carbonyl (C=O) groups is 1. The third-order valence-electron chi connectivity index (χ3n) is 5.23. The van der Waals surface area contributed by atoms with Crippen LogP contribution in [0.25, 0.3) is 11.2 Å². The maximum absolute atomic E-state index is 11.6. The van der Waals surface area contributed by atoms with Crippen LogP contribution in [-0.2, 0) is 9.53 Å². The summed E-state index contributed by atoms with van der Waals surface area (Å²) >= 11 is 0. The lowest BCUT2D eigenvalue weighted by molar-refractivity contribution is -0.114. The first kappa shape index (κ1) is 21.3. The fourth-order valence-electron chi connectivity index (χ4n) is 3.52. The molecule has 9 nitrogen and oxygen atoms in total. The first-order valence-corrected chi connectivity index (χ1v) is 10.3. The molecule has 3 N–H and O–H groups in total. The third-order valence-corrected chi connectivity index (χ3v) is 5.23. The summed E-state index contributed by atoms with van der Waals surface area (Å²) in [6, 6.07) is 8.17. The standard InChI is InChI=1S/C23H25N7O2/c1-3-16(13-17(4-2)21(24)31)20-14-25-22(23-26-15-27-30(20)23)28-18-5-7-19(8-6-18)29-9-11-32-12-10-29/h3-8,13-15H,2,9-12H2,1H3,(H2,24,31)(H,25,28)/b16-3+,17-13+. The molecule has 2 aromatic heterocycles. The van der Waals surface area contributed by atoms with E-state index in [1.807, 2.05) is 25.1 Å². The van der Waals surface area contributed by atoms with Gasteiger partial charge in [0.1, 0.15) is 6.33 Å². The van der Waals surface area contributed by atoms with Gasteiger partial charge in [0.2, 0.25) is 5.91 Å². The molecule has 0 radical (unpaired) electrons. The molecule has 4 rings (SSSR count). The lowest BCUT2D eigenvalue weighted by Gasteiger charge is -2.28. The Morgan fingerprint density at radius 1 is 1.22 bits per heavy atom. The van der Waals surface area contributed by atoms with E-state index in [9.17, 15) is 4.79 Å². The number of hydrogen-bond acceptors (Lipinski definition) is 7. The van der Waals surface area contributed by atoms with Crippen molar-refractivity contribution >= 4 is 34.3 Å². The fourth-order valence-corrected chi connectivity index (χ4v) is 3.52. The van der Waals surface area contributed by atoms with E-state index in [1.165, 1.54) is 12.4 Å². The average molecular weight is 432 g/mol. The zero-order valence-corrected chi connectivity index (χ0v) is 17.9. The van der Waals surface area contributed by atoms with Gasteiger partial charge < -0.3 is 20.7 Å². The number of nitrogens with two attached hydrogens (primary N) is 1. The summed E-state index contributed by atoms with van der Waals surface area (Å²) in [5.41, 5.74) is 9.72. The second-order valence-electron chi connectivity index (χ2n) is 7.17. The van der Waals surface area contributed by atoms with Crippen molar-refractivity contribution in [2.75, 3.05) is 36.5 Å². The van der Waals surface area contributed by atoms with Gasteiger partial charge in [-0.25, -0.2) is 14.5 Å². The Hall–Kier alpha value is -3.98. The fraction of sp³-hybridized carbons (Fsp3) is 0.217. The first-order valence-electron chi connectivity index (χ1n) is 10.3. The van der Waals surface area contributed by atoms with Crippen LogP contribution in [-0.4, -0.2) is 51.8 Å². The SMILES string of the molecule is C=C/C(=C\C(=C/C)c1cnc(Nc2ccc(N3CCOCC3)cc2)c2ncnn12)C(N)=O. The van der Waals surface area contributed by atoms with Gasteiger partial charge in [-0.15, -0.1) is 0 Å². The van der Waals surface area contributed by atoms with E-state index in [1.54, 1.807) is 16.8 Å². The Balaban J connectivity index is 1.61. The number of nitrogens with one attached hydrogen (secondary N) is 1. The zero-order valence-electron chi connectivity index (χ0n) is 17.9. The molecule has 164 valence electrons. The maximum Gasteiger partial charge on any atom is 0.248 e. The number of ether oxygens (including phenoxy) is 1. The Kier molecular flexibility index (Phi) is 6.27. The van der Waals surface area contributed by atoms with E-state index < -0.39 is 5.91 Å². The highest BCUT2D eigenvalue weighted by molar-refractivity contribution is 5.97. The predicted molar refractivity (Wildman–Crippen MR) is 125 cm³/mol. The summed E-state index contributed by atoms with van der Waals surface area (Å²) in [6.07, 6.45) is 8.08. The highest BCUT2D eigenvalue weighted by atomic mass is 16.5. The number of rotatable bonds is 7. The van der Waals surface area contributed by atoms with Crippen molar-refractivity contribution in [2.45, 2.75) is 6.92 Å². The van der Waals surface area contributed by atoms with Crippen LogP contribution in [0.3, 0.4) is 0 Å². The zero-order chi connectivity index (χ0) is 22.5. The van der Waals surface area contributed by atoms with E-state index in [4.69, 9.17) is 10.5 Å². The van der Waals surface area contributed by atoms with Crippen molar-refractivity contribution in [1.82, 2.24) is 19.6 Å². The normalized spacial score (nSPS) is 15.1. The number of primary amides is 1. The van der Waals surface area contributed by atoms with Crippen LogP contribution in [0.4, 0.5) is 17.2 Å². The molecule has 0 aliphatic carbocycles. The van der Waals surface area contributed by atoms with Gasteiger partial charge in [0.15, 0.2) is 11.5 Å². The van der Waals surface area contributed by atoms with Crippen LogP contribution in [0.15, 0.2) is 67.2 Å². The van der Waals surface area contributed by atoms with Crippen molar-refractivity contribution < 1.29 is 9.53 Å². The quantitative estimate of drug-likeness (QED) is 0.437. The summed E-state index contributed by atoms with van der Waals surface area (Å²) in [5.74, 6) is 0.0182. The molecule has 0 atom stereocenters. The van der Waals surface area contributed by atoms with Crippen molar-refractivity contribution in [3.63, 3.8) is 0 Å². The smallest absolute Gasteiger partial charge is 0.248 e. The number of allylic oxidation sites excluding steroid dienone is 3. The summed E-state index contributed by atoms with van der Waals surface area (Å²) in [7, 11) is 0. The van der Waals surface area contributed by atoms with Gasteiger partial charge in [0.05, 0.1) is 25.1 Å². The molecule has 0 spiro atoms. The van der Waals surface area contributed by atoms with Gasteiger partial charge in [-0.1, -0.05) is 18.7 Å². The lowest BCUT2D eigenvalue weighted by atomic mass is 10.1. The molecule has 0 bridgehead atoms. The van der Waals surface area contributed by atoms with E-state index in [-0.39, 0.29) is 0 Å². The minimum absolute atomic E-state index is 0.300. The molecule has 1 amide bonds. The van der Waals surface area contributed by atoms with Gasteiger partial charge in [0, 0.05) is 30.0 Å². The van der Waals surface area contributed by atoms with Crippen LogP contribution in [0.5, 0.6) is 0 Å². The van der Waals surface area contributed by atoms with Crippen LogP contribution in [0.2, 0.25) is 0 Å². The summed E-state index contributed by atoms with van der Waals surface area (Å²) in [5, 5.41) is 7.65. The third kappa shape index (κ3) is 4.37. The van der Waals surface area contributed by atoms with Gasteiger partial charge >= 0.3 is 0 Å². The highest BCUT2D eigenvalue weighted by Gasteiger charge is 2.14. The maximum atomic E-state index is 11.6. The molecule has 0 saturated carbocycles. The number of aromatic nitrogens is 4. The van der Waals surface area contributed by atoms with Gasteiger partial charge in [0.25, 0.3) is 0 Å². The Bertz CT molecular complexity index is 1190. The minimum Gasteiger partial charge on any atom is -0.378 e. The van der Waals surface area contributed by atoms with Crippen molar-refractivity contribution in [1.29, 1.82) is 0 Å². The number of benzene rings is 1. The van der Waals surface area contributed by atoms with Crippen LogP contribution < -0.4 is 16.0 Å². The molecule has 1 aliphatic heterocycles. The van der Waals surface area contributed by atoms with Gasteiger partial charge in [-0.3, -0.25) is 4.79 Å². The molecular formula is C23H25N7O2. The molecule has 0 unspecified atom stereocenters. The predicted octanol–water partition coefficient (Wildman–Crippen LogP) is 2.71. The van der Waals surface area contributed by atoms with Crippen molar-refractivity contribution in [3.8, 4) is 0 Å². The number of anilines is 3.